The van der Waals surface area contributed by atoms with Crippen molar-refractivity contribution in [3.8, 4) is 0 Å². The molecule has 0 bridgehead atoms. The normalized spacial score (nSPS) is 13.5. The van der Waals surface area contributed by atoms with Crippen LogP contribution in [0.2, 0.25) is 0 Å². The Balaban J connectivity index is 1.69. The lowest BCUT2D eigenvalue weighted by Crippen LogP contribution is -2.50. The topological polar surface area (TPSA) is 84.5 Å². The van der Waals surface area contributed by atoms with Crippen molar-refractivity contribution in [1.29, 1.82) is 0 Å². The number of amides is 2. The number of furan rings is 2. The minimum absolute atomic E-state index is 0.0863. The van der Waals surface area contributed by atoms with E-state index in [1.54, 1.807) is 12.1 Å². The lowest BCUT2D eigenvalue weighted by molar-refractivity contribution is -0.124. The molecule has 3 rings (SSSR count). The number of hydrogen-bond acceptors (Lipinski definition) is 4. The van der Waals surface area contributed by atoms with E-state index in [-0.39, 0.29) is 23.6 Å². The predicted molar refractivity (Wildman–Crippen MR) is 97.6 cm³/mol. The maximum Gasteiger partial charge on any atom is 0.287 e. The van der Waals surface area contributed by atoms with Crippen molar-refractivity contribution in [2.75, 3.05) is 0 Å². The number of fused-ring (bicyclic) bond motifs is 1. The number of para-hydroxylation sites is 1. The molecule has 2 atom stereocenters. The van der Waals surface area contributed by atoms with Crippen LogP contribution < -0.4 is 10.6 Å². The van der Waals surface area contributed by atoms with Crippen LogP contribution in [0.25, 0.3) is 11.0 Å². The Kier molecular flexibility index (Phi) is 5.11. The molecule has 3 aromatic rings. The van der Waals surface area contributed by atoms with Crippen LogP contribution in [0.3, 0.4) is 0 Å². The Labute approximate surface area is 151 Å². The largest absolute Gasteiger partial charge is 0.459 e. The Hall–Kier alpha value is -3.02. The second-order valence-corrected chi connectivity index (χ2v) is 6.59. The molecule has 0 fully saturated rings. The summed E-state index contributed by atoms with van der Waals surface area (Å²) in [7, 11) is 0. The third-order valence-electron chi connectivity index (χ3n) is 4.21. The van der Waals surface area contributed by atoms with Crippen LogP contribution in [-0.2, 0) is 4.79 Å². The molecule has 0 spiro atoms. The van der Waals surface area contributed by atoms with Crippen molar-refractivity contribution in [3.63, 3.8) is 0 Å². The van der Waals surface area contributed by atoms with Crippen molar-refractivity contribution in [2.24, 2.45) is 5.92 Å². The molecule has 0 aliphatic carbocycles. The van der Waals surface area contributed by atoms with E-state index in [1.807, 2.05) is 51.1 Å². The lowest BCUT2D eigenvalue weighted by atomic mass is 10.0. The van der Waals surface area contributed by atoms with Crippen molar-refractivity contribution in [2.45, 2.75) is 32.9 Å². The quantitative estimate of drug-likeness (QED) is 0.707. The molecule has 2 aromatic heterocycles. The highest BCUT2D eigenvalue weighted by Crippen LogP contribution is 2.23. The van der Waals surface area contributed by atoms with Crippen LogP contribution in [0.5, 0.6) is 0 Å². The molecule has 6 nitrogen and oxygen atoms in total. The monoisotopic (exact) mass is 354 g/mol. The minimum atomic E-state index is -0.681. The molecule has 0 unspecified atom stereocenters. The standard InChI is InChI=1S/C20H22N2O4/c1-12(2)18(22-19(23)16-9-6-10-25-16)20(24)21-13(3)17-11-14-7-4-5-8-15(14)26-17/h4-13,18H,1-3H3,(H,21,24)(H,22,23)/t13-,18-/m0/s1. The molecule has 0 saturated heterocycles. The predicted octanol–water partition coefficient (Wildman–Crippen LogP) is 3.66. The van der Waals surface area contributed by atoms with Gasteiger partial charge in [-0.25, -0.2) is 0 Å². The maximum absolute atomic E-state index is 12.7. The molecule has 26 heavy (non-hydrogen) atoms. The Morgan fingerprint density at radius 2 is 1.77 bits per heavy atom. The van der Waals surface area contributed by atoms with Crippen LogP contribution in [-0.4, -0.2) is 17.9 Å². The third kappa shape index (κ3) is 3.79. The number of hydrogen-bond donors (Lipinski definition) is 2. The van der Waals surface area contributed by atoms with Gasteiger partial charge in [0.1, 0.15) is 17.4 Å². The molecule has 2 N–H and O–H groups in total. The average Bonchev–Trinajstić information content (AvgIpc) is 3.28. The van der Waals surface area contributed by atoms with E-state index in [1.165, 1.54) is 6.26 Å². The molecule has 0 saturated carbocycles. The van der Waals surface area contributed by atoms with E-state index in [0.29, 0.717) is 5.76 Å². The molecular weight excluding hydrogens is 332 g/mol. The van der Waals surface area contributed by atoms with Gasteiger partial charge in [0.2, 0.25) is 5.91 Å². The zero-order valence-electron chi connectivity index (χ0n) is 15.0. The zero-order chi connectivity index (χ0) is 18.7. The number of carbonyl (C=O) groups is 2. The van der Waals surface area contributed by atoms with E-state index >= 15 is 0 Å². The van der Waals surface area contributed by atoms with Gasteiger partial charge in [-0.05, 0) is 37.1 Å². The van der Waals surface area contributed by atoms with Gasteiger partial charge >= 0.3 is 0 Å². The van der Waals surface area contributed by atoms with Crippen LogP contribution in [0, 0.1) is 5.92 Å². The van der Waals surface area contributed by atoms with Crippen LogP contribution >= 0.6 is 0 Å². The molecule has 1 aromatic carbocycles. The van der Waals surface area contributed by atoms with Crippen LogP contribution in [0.15, 0.2) is 57.6 Å². The second-order valence-electron chi connectivity index (χ2n) is 6.59. The fourth-order valence-electron chi connectivity index (χ4n) is 2.75. The van der Waals surface area contributed by atoms with Crippen LogP contribution in [0.4, 0.5) is 0 Å². The summed E-state index contributed by atoms with van der Waals surface area (Å²) in [5.74, 6) is 0.0677. The first-order valence-electron chi connectivity index (χ1n) is 8.59. The zero-order valence-corrected chi connectivity index (χ0v) is 15.0. The highest BCUT2D eigenvalue weighted by molar-refractivity contribution is 5.95. The fraction of sp³-hybridized carbons (Fsp3) is 0.300. The van der Waals surface area contributed by atoms with Crippen LogP contribution in [0.1, 0.15) is 43.1 Å². The summed E-state index contributed by atoms with van der Waals surface area (Å²) in [5, 5.41) is 6.62. The molecule has 2 amide bonds. The van der Waals surface area contributed by atoms with Gasteiger partial charge in [-0.15, -0.1) is 0 Å². The number of rotatable bonds is 6. The van der Waals surface area contributed by atoms with Gasteiger partial charge in [0.05, 0.1) is 12.3 Å². The molecular formula is C20H22N2O4. The first-order chi connectivity index (χ1) is 12.5. The van der Waals surface area contributed by atoms with E-state index in [0.717, 1.165) is 11.0 Å². The molecule has 136 valence electrons. The summed E-state index contributed by atoms with van der Waals surface area (Å²) in [4.78, 5) is 24.9. The molecule has 0 radical (unpaired) electrons. The summed E-state index contributed by atoms with van der Waals surface area (Å²) in [6.07, 6.45) is 1.42. The Morgan fingerprint density at radius 1 is 1.00 bits per heavy atom. The van der Waals surface area contributed by atoms with Gasteiger partial charge in [0.15, 0.2) is 5.76 Å². The van der Waals surface area contributed by atoms with Crippen molar-refractivity contribution >= 4 is 22.8 Å². The number of carbonyl (C=O) groups excluding carboxylic acids is 2. The smallest absolute Gasteiger partial charge is 0.287 e. The average molecular weight is 354 g/mol. The third-order valence-corrected chi connectivity index (χ3v) is 4.21. The van der Waals surface area contributed by atoms with E-state index in [4.69, 9.17) is 8.83 Å². The van der Waals surface area contributed by atoms with Gasteiger partial charge in [-0.3, -0.25) is 9.59 Å². The first-order valence-corrected chi connectivity index (χ1v) is 8.59. The van der Waals surface area contributed by atoms with E-state index in [9.17, 15) is 9.59 Å². The summed E-state index contributed by atoms with van der Waals surface area (Å²) in [6.45, 7) is 5.60. The first kappa shape index (κ1) is 17.8. The molecule has 2 heterocycles. The summed E-state index contributed by atoms with van der Waals surface area (Å²) < 4.78 is 10.9. The van der Waals surface area contributed by atoms with Crippen molar-refractivity contribution in [1.82, 2.24) is 10.6 Å². The van der Waals surface area contributed by atoms with Gasteiger partial charge in [-0.1, -0.05) is 32.0 Å². The molecule has 0 aliphatic heterocycles. The maximum atomic E-state index is 12.7. The van der Waals surface area contributed by atoms with Gasteiger partial charge in [-0.2, -0.15) is 0 Å². The van der Waals surface area contributed by atoms with E-state index in [2.05, 4.69) is 10.6 Å². The van der Waals surface area contributed by atoms with Gasteiger partial charge < -0.3 is 19.5 Å². The Bertz CT molecular complexity index is 863. The van der Waals surface area contributed by atoms with Crippen molar-refractivity contribution in [3.05, 3.63) is 60.2 Å². The second kappa shape index (κ2) is 7.47. The number of nitrogens with one attached hydrogen (secondary N) is 2. The highest BCUT2D eigenvalue weighted by Gasteiger charge is 2.27. The highest BCUT2D eigenvalue weighted by atomic mass is 16.3. The molecule has 0 aliphatic rings. The van der Waals surface area contributed by atoms with Gasteiger partial charge in [0, 0.05) is 5.39 Å². The summed E-state index contributed by atoms with van der Waals surface area (Å²) >= 11 is 0. The summed E-state index contributed by atoms with van der Waals surface area (Å²) in [5.41, 5.74) is 0.773. The van der Waals surface area contributed by atoms with Crippen molar-refractivity contribution < 1.29 is 18.4 Å². The van der Waals surface area contributed by atoms with E-state index < -0.39 is 11.9 Å². The number of benzene rings is 1. The minimum Gasteiger partial charge on any atom is -0.459 e. The molecule has 6 heteroatoms. The lowest BCUT2D eigenvalue weighted by Gasteiger charge is -2.23. The SMILES string of the molecule is CC(C)[C@H](NC(=O)c1ccco1)C(=O)N[C@@H](C)c1cc2ccccc2o1. The van der Waals surface area contributed by atoms with Gasteiger partial charge in [0.25, 0.3) is 5.91 Å². The fourth-order valence-corrected chi connectivity index (χ4v) is 2.75. The summed E-state index contributed by atoms with van der Waals surface area (Å²) in [6, 6.07) is 11.8. The Morgan fingerprint density at radius 3 is 2.42 bits per heavy atom.